The lowest BCUT2D eigenvalue weighted by Crippen LogP contribution is -2.33. The average molecular weight is 495 g/mol. The van der Waals surface area contributed by atoms with Gasteiger partial charge in [0.15, 0.2) is 0 Å². The van der Waals surface area contributed by atoms with Gasteiger partial charge in [-0.1, -0.05) is 60.1 Å². The zero-order valence-electron chi connectivity index (χ0n) is 18.5. The third-order valence-electron chi connectivity index (χ3n) is 5.72. The number of aliphatic hydroxyl groups excluding tert-OH is 1. The molecule has 4 rings (SSSR count). The van der Waals surface area contributed by atoms with Crippen LogP contribution in [0.2, 0.25) is 5.02 Å². The van der Waals surface area contributed by atoms with Crippen LogP contribution in [0.25, 0.3) is 11.1 Å². The number of carbonyl (C=O) groups excluding carboxylic acids is 2. The van der Waals surface area contributed by atoms with Crippen LogP contribution in [0.4, 0.5) is 10.5 Å². The number of nitrogens with one attached hydrogen (secondary N) is 2. The second-order valence-electron chi connectivity index (χ2n) is 8.11. The highest BCUT2D eigenvalue weighted by Crippen LogP contribution is 2.44. The molecule has 8 nitrogen and oxygen atoms in total. The van der Waals surface area contributed by atoms with Gasteiger partial charge in [0.1, 0.15) is 6.61 Å². The molecule has 3 aromatic rings. The molecule has 35 heavy (non-hydrogen) atoms. The van der Waals surface area contributed by atoms with Crippen LogP contribution >= 0.6 is 11.6 Å². The van der Waals surface area contributed by atoms with Gasteiger partial charge in [0.05, 0.1) is 23.2 Å². The van der Waals surface area contributed by atoms with Gasteiger partial charge in [0.25, 0.3) is 5.91 Å². The summed E-state index contributed by atoms with van der Waals surface area (Å²) in [6.07, 6.45) is -2.43. The number of carbonyl (C=O) groups is 3. The SMILES string of the molecule is O=C(O)CC(O)CNC(=O)c1ccc(Cl)c(NC(=O)OCC2c3ccccc3-c3ccccc32)c1. The molecule has 0 radical (unpaired) electrons. The molecule has 0 bridgehead atoms. The summed E-state index contributed by atoms with van der Waals surface area (Å²) < 4.78 is 5.52. The van der Waals surface area contributed by atoms with Crippen molar-refractivity contribution in [1.82, 2.24) is 5.32 Å². The summed E-state index contributed by atoms with van der Waals surface area (Å²) in [5.41, 5.74) is 4.76. The van der Waals surface area contributed by atoms with Gasteiger partial charge >= 0.3 is 12.1 Å². The van der Waals surface area contributed by atoms with Crippen molar-refractivity contribution in [3.8, 4) is 11.1 Å². The summed E-state index contributed by atoms with van der Waals surface area (Å²) in [5, 5.41) is 23.5. The quantitative estimate of drug-likeness (QED) is 0.370. The van der Waals surface area contributed by atoms with Crippen LogP contribution < -0.4 is 10.6 Å². The molecule has 0 aliphatic heterocycles. The zero-order valence-corrected chi connectivity index (χ0v) is 19.3. The first-order chi connectivity index (χ1) is 16.8. The number of aliphatic hydroxyl groups is 1. The molecule has 0 heterocycles. The predicted molar refractivity (Wildman–Crippen MR) is 131 cm³/mol. The molecule has 9 heteroatoms. The van der Waals surface area contributed by atoms with E-state index in [1.165, 1.54) is 18.2 Å². The van der Waals surface area contributed by atoms with Crippen LogP contribution in [0, 0.1) is 0 Å². The summed E-state index contributed by atoms with van der Waals surface area (Å²) in [6.45, 7) is -0.109. The minimum atomic E-state index is -1.22. The van der Waals surface area contributed by atoms with Gasteiger partial charge in [-0.15, -0.1) is 0 Å². The lowest BCUT2D eigenvalue weighted by molar-refractivity contribution is -0.139. The van der Waals surface area contributed by atoms with Gasteiger partial charge in [0.2, 0.25) is 0 Å². The first-order valence-electron chi connectivity index (χ1n) is 10.9. The molecule has 1 unspecified atom stereocenters. The topological polar surface area (TPSA) is 125 Å². The Balaban J connectivity index is 1.39. The van der Waals surface area contributed by atoms with E-state index in [0.29, 0.717) is 0 Å². The Labute approximate surface area is 206 Å². The van der Waals surface area contributed by atoms with Gasteiger partial charge in [0, 0.05) is 18.0 Å². The van der Waals surface area contributed by atoms with E-state index in [4.69, 9.17) is 21.4 Å². The van der Waals surface area contributed by atoms with E-state index in [0.717, 1.165) is 22.3 Å². The molecule has 3 aromatic carbocycles. The molecule has 2 amide bonds. The van der Waals surface area contributed by atoms with Gasteiger partial charge in [-0.3, -0.25) is 14.9 Å². The van der Waals surface area contributed by atoms with E-state index >= 15 is 0 Å². The monoisotopic (exact) mass is 494 g/mol. The predicted octanol–water partition coefficient (Wildman–Crippen LogP) is 4.27. The summed E-state index contributed by atoms with van der Waals surface area (Å²) >= 11 is 6.18. The maximum absolute atomic E-state index is 12.6. The van der Waals surface area contributed by atoms with E-state index in [9.17, 15) is 19.5 Å². The maximum atomic E-state index is 12.6. The first-order valence-corrected chi connectivity index (χ1v) is 11.3. The lowest BCUT2D eigenvalue weighted by atomic mass is 9.98. The van der Waals surface area contributed by atoms with Gasteiger partial charge in [-0.25, -0.2) is 4.79 Å². The molecular formula is C26H23ClN2O6. The van der Waals surface area contributed by atoms with Crippen molar-refractivity contribution in [3.63, 3.8) is 0 Å². The number of anilines is 1. The summed E-state index contributed by atoms with van der Waals surface area (Å²) in [5.74, 6) is -1.83. The lowest BCUT2D eigenvalue weighted by Gasteiger charge is -2.15. The Morgan fingerprint density at radius 1 is 0.971 bits per heavy atom. The zero-order chi connectivity index (χ0) is 24.9. The number of carboxylic acids is 1. The van der Waals surface area contributed by atoms with Crippen molar-refractivity contribution in [3.05, 3.63) is 88.4 Å². The summed E-state index contributed by atoms with van der Waals surface area (Å²) in [4.78, 5) is 35.6. The van der Waals surface area contributed by atoms with E-state index in [1.54, 1.807) is 0 Å². The number of aliphatic carboxylic acids is 1. The fourth-order valence-corrected chi connectivity index (χ4v) is 4.26. The molecule has 180 valence electrons. The van der Waals surface area contributed by atoms with E-state index in [-0.39, 0.29) is 35.3 Å². The maximum Gasteiger partial charge on any atom is 0.411 e. The smallest absolute Gasteiger partial charge is 0.411 e. The molecule has 0 saturated heterocycles. The molecule has 0 spiro atoms. The second kappa shape index (κ2) is 10.6. The van der Waals surface area contributed by atoms with Crippen molar-refractivity contribution in [1.29, 1.82) is 0 Å². The number of fused-ring (bicyclic) bond motifs is 3. The van der Waals surface area contributed by atoms with Crippen molar-refractivity contribution < 1.29 is 29.3 Å². The van der Waals surface area contributed by atoms with Crippen molar-refractivity contribution >= 4 is 35.3 Å². The molecule has 0 saturated carbocycles. The van der Waals surface area contributed by atoms with E-state index < -0.39 is 30.5 Å². The highest BCUT2D eigenvalue weighted by atomic mass is 35.5. The largest absolute Gasteiger partial charge is 0.481 e. The fourth-order valence-electron chi connectivity index (χ4n) is 4.09. The highest BCUT2D eigenvalue weighted by molar-refractivity contribution is 6.33. The van der Waals surface area contributed by atoms with Crippen molar-refractivity contribution in [2.75, 3.05) is 18.5 Å². The number of carboxylic acid groups (broad SMARTS) is 1. The molecule has 0 fully saturated rings. The van der Waals surface area contributed by atoms with Crippen LogP contribution in [0.1, 0.15) is 33.8 Å². The first kappa shape index (κ1) is 24.3. The molecule has 1 atom stereocenters. The van der Waals surface area contributed by atoms with Crippen LogP contribution in [-0.2, 0) is 9.53 Å². The van der Waals surface area contributed by atoms with E-state index in [1.807, 2.05) is 48.5 Å². The van der Waals surface area contributed by atoms with Gasteiger partial charge < -0.3 is 20.3 Å². The standard InChI is InChI=1S/C26H23ClN2O6/c27-22-10-9-15(25(33)28-13-16(30)12-24(31)32)11-23(22)29-26(34)35-14-21-19-7-3-1-5-17(19)18-6-2-4-8-20(18)21/h1-11,16,21,30H,12-14H2,(H,28,33)(H,29,34)(H,31,32). The van der Waals surface area contributed by atoms with Gasteiger partial charge in [-0.2, -0.15) is 0 Å². The molecule has 0 aromatic heterocycles. The van der Waals surface area contributed by atoms with Crippen LogP contribution in [0.3, 0.4) is 0 Å². The molecule has 1 aliphatic rings. The normalized spacial score (nSPS) is 12.9. The van der Waals surface area contributed by atoms with Gasteiger partial charge in [-0.05, 0) is 40.5 Å². The third-order valence-corrected chi connectivity index (χ3v) is 6.05. The minimum Gasteiger partial charge on any atom is -0.481 e. The number of hydrogen-bond donors (Lipinski definition) is 4. The number of rotatable bonds is 8. The highest BCUT2D eigenvalue weighted by Gasteiger charge is 2.29. The second-order valence-corrected chi connectivity index (χ2v) is 8.51. The number of halogens is 1. The molecule has 1 aliphatic carbocycles. The third kappa shape index (κ3) is 5.62. The Morgan fingerprint density at radius 3 is 2.23 bits per heavy atom. The molecule has 4 N–H and O–H groups in total. The Kier molecular flexibility index (Phi) is 7.33. The van der Waals surface area contributed by atoms with Crippen molar-refractivity contribution in [2.45, 2.75) is 18.4 Å². The van der Waals surface area contributed by atoms with Crippen LogP contribution in [-0.4, -0.2) is 47.4 Å². The van der Waals surface area contributed by atoms with Crippen LogP contribution in [0.5, 0.6) is 0 Å². The number of benzene rings is 3. The Bertz CT molecular complexity index is 1230. The number of amides is 2. The summed E-state index contributed by atoms with van der Waals surface area (Å²) in [6, 6.07) is 20.3. The Morgan fingerprint density at radius 2 is 1.60 bits per heavy atom. The van der Waals surface area contributed by atoms with Crippen LogP contribution in [0.15, 0.2) is 66.7 Å². The average Bonchev–Trinajstić information content (AvgIpc) is 3.16. The number of ether oxygens (including phenoxy) is 1. The van der Waals surface area contributed by atoms with E-state index in [2.05, 4.69) is 10.6 Å². The van der Waals surface area contributed by atoms with Crippen molar-refractivity contribution in [2.24, 2.45) is 0 Å². The Hall–Kier alpha value is -3.88. The number of hydrogen-bond acceptors (Lipinski definition) is 5. The molecular weight excluding hydrogens is 472 g/mol. The fraction of sp³-hybridized carbons (Fsp3) is 0.192. The minimum absolute atomic E-state index is 0.0991. The summed E-state index contributed by atoms with van der Waals surface area (Å²) in [7, 11) is 0.